The molecule has 17 nitrogen and oxygen atoms in total. The van der Waals surface area contributed by atoms with Crippen LogP contribution in [0.5, 0.6) is 57.8 Å². The maximum absolute atomic E-state index is 11.4. The Labute approximate surface area is 300 Å². The SMILES string of the molecule is CC(=O)Oc1ccc(C(=O)O)cc1OC(C)=O.CC(=O)Oc1ccc(Oc2cccc(Oc3ccc(OC(C)=O)c(OC(C)=O)c3)n2)cc1OC(C)=O. The van der Waals surface area contributed by atoms with E-state index in [1.165, 1.54) is 83.1 Å². The molecule has 0 saturated heterocycles. The number of carbonyl (C=O) groups is 7. The molecule has 0 unspecified atom stereocenters. The van der Waals surface area contributed by atoms with Gasteiger partial charge in [0.1, 0.15) is 11.5 Å². The molecule has 1 aromatic heterocycles. The first kappa shape index (κ1) is 40.1. The van der Waals surface area contributed by atoms with Crippen LogP contribution in [-0.2, 0) is 28.8 Å². The molecule has 0 radical (unpaired) electrons. The van der Waals surface area contributed by atoms with Gasteiger partial charge in [-0.1, -0.05) is 6.07 Å². The highest BCUT2D eigenvalue weighted by atomic mass is 16.6. The predicted octanol–water partition coefficient (Wildman–Crippen LogP) is 5.60. The number of carbonyl (C=O) groups excluding carboxylic acids is 6. The summed E-state index contributed by atoms with van der Waals surface area (Å²) in [4.78, 5) is 82.0. The van der Waals surface area contributed by atoms with Crippen molar-refractivity contribution >= 4 is 41.8 Å². The Kier molecular flexibility index (Phi) is 14.1. The summed E-state index contributed by atoms with van der Waals surface area (Å²) in [5.41, 5.74) is -0.0721. The molecule has 4 rings (SSSR count). The number of hydrogen-bond acceptors (Lipinski definition) is 16. The number of esters is 6. The van der Waals surface area contributed by atoms with Crippen molar-refractivity contribution in [1.29, 1.82) is 0 Å². The van der Waals surface area contributed by atoms with Gasteiger partial charge in [-0.2, -0.15) is 4.98 Å². The summed E-state index contributed by atoms with van der Waals surface area (Å²) in [5.74, 6) is -4.04. The van der Waals surface area contributed by atoms with Crippen LogP contribution in [-0.4, -0.2) is 51.9 Å². The number of rotatable bonds is 11. The van der Waals surface area contributed by atoms with E-state index in [1.807, 2.05) is 0 Å². The van der Waals surface area contributed by atoms with E-state index < -0.39 is 41.8 Å². The lowest BCUT2D eigenvalue weighted by atomic mass is 10.2. The molecule has 4 aromatic rings. The number of benzene rings is 3. The monoisotopic (exact) mass is 733 g/mol. The second kappa shape index (κ2) is 18.6. The van der Waals surface area contributed by atoms with Crippen LogP contribution in [0, 0.1) is 0 Å². The highest BCUT2D eigenvalue weighted by Crippen LogP contribution is 2.36. The van der Waals surface area contributed by atoms with Gasteiger partial charge in [0.25, 0.3) is 0 Å². The first-order valence-electron chi connectivity index (χ1n) is 15.1. The molecule has 17 heteroatoms. The van der Waals surface area contributed by atoms with Crippen molar-refractivity contribution in [3.05, 3.63) is 78.4 Å². The topological polar surface area (TPSA) is 226 Å². The van der Waals surface area contributed by atoms with Gasteiger partial charge in [-0.15, -0.1) is 0 Å². The fourth-order valence-electron chi connectivity index (χ4n) is 3.92. The molecule has 53 heavy (non-hydrogen) atoms. The number of nitrogens with zero attached hydrogens (tertiary/aromatic N) is 1. The zero-order valence-corrected chi connectivity index (χ0v) is 28.9. The first-order valence-corrected chi connectivity index (χ1v) is 15.1. The molecular weight excluding hydrogens is 702 g/mol. The van der Waals surface area contributed by atoms with Crippen LogP contribution in [0.2, 0.25) is 0 Å². The average Bonchev–Trinajstić information content (AvgIpc) is 3.03. The number of aromatic nitrogens is 1. The van der Waals surface area contributed by atoms with Gasteiger partial charge < -0.3 is 43.0 Å². The molecule has 0 aliphatic rings. The number of carboxylic acid groups (broad SMARTS) is 1. The summed E-state index contributed by atoms with van der Waals surface area (Å²) < 4.78 is 41.2. The summed E-state index contributed by atoms with van der Waals surface area (Å²) in [6.45, 7) is 7.19. The highest BCUT2D eigenvalue weighted by Gasteiger charge is 2.16. The Bertz CT molecular complexity index is 1960. The molecule has 0 spiro atoms. The van der Waals surface area contributed by atoms with Crippen molar-refractivity contribution in [3.63, 3.8) is 0 Å². The van der Waals surface area contributed by atoms with Crippen molar-refractivity contribution in [1.82, 2.24) is 4.98 Å². The number of ether oxygens (including phenoxy) is 8. The van der Waals surface area contributed by atoms with E-state index in [4.69, 9.17) is 43.0 Å². The molecule has 276 valence electrons. The molecule has 0 atom stereocenters. The Balaban J connectivity index is 0.000000372. The molecule has 0 aliphatic carbocycles. The van der Waals surface area contributed by atoms with E-state index >= 15 is 0 Å². The number of hydrogen-bond donors (Lipinski definition) is 1. The molecule has 0 amide bonds. The third-order valence-corrected chi connectivity index (χ3v) is 5.69. The lowest BCUT2D eigenvalue weighted by molar-refractivity contribution is -0.134. The van der Waals surface area contributed by atoms with Gasteiger partial charge in [-0.05, 0) is 42.5 Å². The van der Waals surface area contributed by atoms with E-state index in [9.17, 15) is 33.6 Å². The third kappa shape index (κ3) is 13.5. The van der Waals surface area contributed by atoms with Gasteiger partial charge in [0, 0.05) is 65.8 Å². The van der Waals surface area contributed by atoms with Crippen LogP contribution in [0.3, 0.4) is 0 Å². The quantitative estimate of drug-likeness (QED) is 0.146. The minimum absolute atomic E-state index is 0.00213. The largest absolute Gasteiger partial charge is 0.478 e. The lowest BCUT2D eigenvalue weighted by Crippen LogP contribution is -2.08. The molecule has 1 heterocycles. The van der Waals surface area contributed by atoms with Crippen molar-refractivity contribution in [2.75, 3.05) is 0 Å². The number of carboxylic acids is 1. The van der Waals surface area contributed by atoms with Gasteiger partial charge in [0.15, 0.2) is 34.5 Å². The molecule has 3 aromatic carbocycles. The van der Waals surface area contributed by atoms with Crippen LogP contribution in [0.4, 0.5) is 0 Å². The van der Waals surface area contributed by atoms with Crippen molar-refractivity contribution in [3.8, 4) is 57.8 Å². The maximum Gasteiger partial charge on any atom is 0.335 e. The van der Waals surface area contributed by atoms with Gasteiger partial charge >= 0.3 is 41.8 Å². The molecule has 0 saturated carbocycles. The molecule has 1 N–H and O–H groups in total. The zero-order valence-electron chi connectivity index (χ0n) is 28.9. The second-order valence-corrected chi connectivity index (χ2v) is 10.3. The highest BCUT2D eigenvalue weighted by molar-refractivity contribution is 5.89. The van der Waals surface area contributed by atoms with Gasteiger partial charge in [-0.25, -0.2) is 4.79 Å². The molecular formula is C36H31NO16. The normalized spacial score (nSPS) is 9.92. The fourth-order valence-corrected chi connectivity index (χ4v) is 3.92. The lowest BCUT2D eigenvalue weighted by Gasteiger charge is -2.12. The van der Waals surface area contributed by atoms with Crippen LogP contribution in [0.15, 0.2) is 72.8 Å². The molecule has 0 bridgehead atoms. The molecule has 0 aliphatic heterocycles. The zero-order chi connectivity index (χ0) is 39.2. The van der Waals surface area contributed by atoms with E-state index in [0.717, 1.165) is 13.0 Å². The minimum atomic E-state index is -1.17. The smallest absolute Gasteiger partial charge is 0.335 e. The Morgan fingerprint density at radius 1 is 0.434 bits per heavy atom. The van der Waals surface area contributed by atoms with Gasteiger partial charge in [0.05, 0.1) is 5.56 Å². The van der Waals surface area contributed by atoms with Crippen molar-refractivity contribution < 1.29 is 76.6 Å². The van der Waals surface area contributed by atoms with E-state index in [1.54, 1.807) is 18.2 Å². The summed E-state index contributed by atoms with van der Waals surface area (Å²) in [7, 11) is 0. The minimum Gasteiger partial charge on any atom is -0.478 e. The van der Waals surface area contributed by atoms with E-state index in [0.29, 0.717) is 0 Å². The maximum atomic E-state index is 11.4. The number of pyridine rings is 1. The van der Waals surface area contributed by atoms with E-state index in [-0.39, 0.29) is 63.3 Å². The van der Waals surface area contributed by atoms with Crippen LogP contribution < -0.4 is 37.9 Å². The third-order valence-electron chi connectivity index (χ3n) is 5.69. The standard InChI is InChI=1S/C25H21NO10.C11H10O6/c1-14(27)31-20-10-8-18(12-22(20)33-16(3)29)35-24-6-5-7-25(26-24)36-19-9-11-21(32-15(2)28)23(13-19)34-17(4)30;1-6(12)16-9-4-3-8(11(14)15)5-10(9)17-7(2)13/h5-13H,1-4H3;3-5H,1-2H3,(H,14,15). The summed E-state index contributed by atoms with van der Waals surface area (Å²) in [6.07, 6.45) is 0. The Hall–Kier alpha value is -7.30. The summed E-state index contributed by atoms with van der Waals surface area (Å²) >= 11 is 0. The van der Waals surface area contributed by atoms with Crippen molar-refractivity contribution in [2.24, 2.45) is 0 Å². The van der Waals surface area contributed by atoms with Gasteiger partial charge in [0.2, 0.25) is 11.8 Å². The predicted molar refractivity (Wildman–Crippen MR) is 179 cm³/mol. The fraction of sp³-hybridized carbons (Fsp3) is 0.167. The van der Waals surface area contributed by atoms with Crippen LogP contribution in [0.25, 0.3) is 0 Å². The van der Waals surface area contributed by atoms with Crippen molar-refractivity contribution in [2.45, 2.75) is 41.5 Å². The van der Waals surface area contributed by atoms with Crippen LogP contribution >= 0.6 is 0 Å². The first-order chi connectivity index (χ1) is 25.0. The Morgan fingerprint density at radius 3 is 1.09 bits per heavy atom. The second-order valence-electron chi connectivity index (χ2n) is 10.3. The van der Waals surface area contributed by atoms with E-state index in [2.05, 4.69) is 4.98 Å². The number of aromatic carboxylic acids is 1. The summed E-state index contributed by atoms with van der Waals surface area (Å²) in [6, 6.07) is 16.9. The average molecular weight is 734 g/mol. The van der Waals surface area contributed by atoms with Crippen LogP contribution in [0.1, 0.15) is 51.9 Å². The van der Waals surface area contributed by atoms with Gasteiger partial charge in [-0.3, -0.25) is 28.8 Å². The summed E-state index contributed by atoms with van der Waals surface area (Å²) in [5, 5.41) is 8.77. The Morgan fingerprint density at radius 2 is 0.755 bits per heavy atom. The molecule has 0 fully saturated rings.